The number of fused-ring (bicyclic) bond motifs is 1. The molecule has 23 heavy (non-hydrogen) atoms. The Labute approximate surface area is 143 Å². The van der Waals surface area contributed by atoms with Crippen molar-refractivity contribution in [1.29, 1.82) is 0 Å². The minimum absolute atomic E-state index is 0.146. The summed E-state index contributed by atoms with van der Waals surface area (Å²) in [5.74, 6) is -1.04. The van der Waals surface area contributed by atoms with E-state index in [1.54, 1.807) is 6.92 Å². The van der Waals surface area contributed by atoms with Gasteiger partial charge in [-0.1, -0.05) is 34.1 Å². The summed E-state index contributed by atoms with van der Waals surface area (Å²) >= 11 is 4.46. The van der Waals surface area contributed by atoms with E-state index in [0.29, 0.717) is 22.3 Å². The molecule has 0 bridgehead atoms. The Kier molecular flexibility index (Phi) is 4.18. The summed E-state index contributed by atoms with van der Waals surface area (Å²) in [4.78, 5) is 28.5. The first-order valence-corrected chi connectivity index (χ1v) is 8.31. The summed E-state index contributed by atoms with van der Waals surface area (Å²) in [6.07, 6.45) is 1.38. The molecule has 0 saturated heterocycles. The summed E-state index contributed by atoms with van der Waals surface area (Å²) < 4.78 is 2.22. The molecular weight excluding hydrogens is 382 g/mol. The molecule has 0 saturated carbocycles. The SMILES string of the molecule is Cc1c(C(=O)O)sc2ncn(NCc3ccccc3Br)c(=O)c12. The van der Waals surface area contributed by atoms with E-state index in [1.807, 2.05) is 24.3 Å². The van der Waals surface area contributed by atoms with Gasteiger partial charge in [-0.3, -0.25) is 4.79 Å². The number of carbonyl (C=O) groups is 1. The van der Waals surface area contributed by atoms with Crippen LogP contribution in [0.2, 0.25) is 0 Å². The van der Waals surface area contributed by atoms with E-state index in [0.717, 1.165) is 21.4 Å². The van der Waals surface area contributed by atoms with Crippen molar-refractivity contribution in [3.05, 3.63) is 61.4 Å². The molecule has 0 fully saturated rings. The first-order chi connectivity index (χ1) is 11.0. The summed E-state index contributed by atoms with van der Waals surface area (Å²) in [6.45, 7) is 2.06. The van der Waals surface area contributed by atoms with Gasteiger partial charge in [-0.2, -0.15) is 0 Å². The molecule has 1 aromatic carbocycles. The monoisotopic (exact) mass is 393 g/mol. The van der Waals surface area contributed by atoms with Crippen LogP contribution in [-0.2, 0) is 6.54 Å². The molecule has 0 amide bonds. The quantitative estimate of drug-likeness (QED) is 0.711. The lowest BCUT2D eigenvalue weighted by atomic mass is 10.2. The van der Waals surface area contributed by atoms with Crippen molar-refractivity contribution < 1.29 is 9.90 Å². The fourth-order valence-corrected chi connectivity index (χ4v) is 3.66. The standard InChI is InChI=1S/C15H12BrN3O3S/c1-8-11-13(23-12(8)15(21)22)17-7-19(14(11)20)18-6-9-4-2-3-5-10(9)16/h2-5,7,18H,6H2,1H3,(H,21,22). The molecule has 2 heterocycles. The van der Waals surface area contributed by atoms with Crippen molar-refractivity contribution in [2.45, 2.75) is 13.5 Å². The van der Waals surface area contributed by atoms with Gasteiger partial charge >= 0.3 is 5.97 Å². The molecule has 0 radical (unpaired) electrons. The number of hydrogen-bond donors (Lipinski definition) is 2. The second-order valence-corrected chi connectivity index (χ2v) is 6.74. The van der Waals surface area contributed by atoms with Gasteiger partial charge in [0.25, 0.3) is 5.56 Å². The highest BCUT2D eigenvalue weighted by Crippen LogP contribution is 2.26. The van der Waals surface area contributed by atoms with Crippen LogP contribution in [0.3, 0.4) is 0 Å². The third-order valence-electron chi connectivity index (χ3n) is 3.44. The zero-order chi connectivity index (χ0) is 16.6. The maximum absolute atomic E-state index is 12.6. The molecule has 2 N–H and O–H groups in total. The molecule has 0 spiro atoms. The van der Waals surface area contributed by atoms with Crippen molar-refractivity contribution in [1.82, 2.24) is 9.66 Å². The molecule has 0 aliphatic heterocycles. The van der Waals surface area contributed by atoms with E-state index in [4.69, 9.17) is 5.11 Å². The number of aromatic nitrogens is 2. The van der Waals surface area contributed by atoms with Crippen LogP contribution in [0.25, 0.3) is 10.2 Å². The first kappa shape index (κ1) is 15.7. The summed E-state index contributed by atoms with van der Waals surface area (Å²) in [7, 11) is 0. The van der Waals surface area contributed by atoms with E-state index in [-0.39, 0.29) is 10.4 Å². The molecule has 0 unspecified atom stereocenters. The normalized spacial score (nSPS) is 10.9. The average Bonchev–Trinajstić information content (AvgIpc) is 2.86. The van der Waals surface area contributed by atoms with Crippen LogP contribution in [0, 0.1) is 6.92 Å². The lowest BCUT2D eigenvalue weighted by Crippen LogP contribution is -2.29. The van der Waals surface area contributed by atoms with Gasteiger partial charge in [-0.25, -0.2) is 14.5 Å². The Morgan fingerprint density at radius 2 is 2.17 bits per heavy atom. The molecule has 118 valence electrons. The highest BCUT2D eigenvalue weighted by molar-refractivity contribution is 9.10. The van der Waals surface area contributed by atoms with Crippen molar-refractivity contribution in [2.24, 2.45) is 0 Å². The third kappa shape index (κ3) is 2.87. The number of aryl methyl sites for hydroxylation is 1. The number of thiophene rings is 1. The van der Waals surface area contributed by atoms with E-state index in [1.165, 1.54) is 11.0 Å². The highest BCUT2D eigenvalue weighted by atomic mass is 79.9. The number of hydrogen-bond acceptors (Lipinski definition) is 5. The maximum Gasteiger partial charge on any atom is 0.346 e. The van der Waals surface area contributed by atoms with Crippen molar-refractivity contribution in [3.63, 3.8) is 0 Å². The Morgan fingerprint density at radius 1 is 1.43 bits per heavy atom. The maximum atomic E-state index is 12.6. The molecule has 0 atom stereocenters. The van der Waals surface area contributed by atoms with E-state index >= 15 is 0 Å². The average molecular weight is 394 g/mol. The van der Waals surface area contributed by atoms with Gasteiger partial charge in [-0.15, -0.1) is 11.3 Å². The zero-order valence-corrected chi connectivity index (χ0v) is 14.4. The Balaban J connectivity index is 1.98. The minimum Gasteiger partial charge on any atom is -0.477 e. The molecule has 8 heteroatoms. The number of halogens is 1. The van der Waals surface area contributed by atoms with Crippen molar-refractivity contribution in [3.8, 4) is 0 Å². The summed E-state index contributed by atoms with van der Waals surface area (Å²) in [6, 6.07) is 7.68. The number of benzene rings is 1. The van der Waals surface area contributed by atoms with Crippen molar-refractivity contribution >= 4 is 43.5 Å². The van der Waals surface area contributed by atoms with Crippen LogP contribution >= 0.6 is 27.3 Å². The Bertz CT molecular complexity index is 964. The lowest BCUT2D eigenvalue weighted by Gasteiger charge is -2.10. The largest absolute Gasteiger partial charge is 0.477 e. The van der Waals surface area contributed by atoms with Crippen LogP contribution in [-0.4, -0.2) is 20.7 Å². The Hall–Kier alpha value is -2.19. The molecule has 3 aromatic rings. The van der Waals surface area contributed by atoms with Gasteiger partial charge in [0.05, 0.1) is 11.9 Å². The summed E-state index contributed by atoms with van der Waals surface area (Å²) in [5.41, 5.74) is 4.14. The second kappa shape index (κ2) is 6.13. The van der Waals surface area contributed by atoms with Gasteiger partial charge < -0.3 is 10.5 Å². The third-order valence-corrected chi connectivity index (χ3v) is 5.40. The van der Waals surface area contributed by atoms with Gasteiger partial charge in [0.2, 0.25) is 0 Å². The fourth-order valence-electron chi connectivity index (χ4n) is 2.25. The molecule has 2 aromatic heterocycles. The minimum atomic E-state index is -1.04. The zero-order valence-electron chi connectivity index (χ0n) is 12.0. The topological polar surface area (TPSA) is 84.2 Å². The van der Waals surface area contributed by atoms with Crippen LogP contribution in [0.1, 0.15) is 20.8 Å². The van der Waals surface area contributed by atoms with Gasteiger partial charge in [0.1, 0.15) is 16.0 Å². The van der Waals surface area contributed by atoms with Gasteiger partial charge in [0, 0.05) is 4.47 Å². The second-order valence-electron chi connectivity index (χ2n) is 4.89. The number of aromatic carboxylic acids is 1. The lowest BCUT2D eigenvalue weighted by molar-refractivity contribution is 0.0701. The first-order valence-electron chi connectivity index (χ1n) is 6.70. The van der Waals surface area contributed by atoms with Crippen LogP contribution in [0.5, 0.6) is 0 Å². The number of carboxylic acid groups (broad SMARTS) is 1. The Morgan fingerprint density at radius 3 is 2.87 bits per heavy atom. The van der Waals surface area contributed by atoms with E-state index in [2.05, 4.69) is 26.3 Å². The number of nitrogens with zero attached hydrogens (tertiary/aromatic N) is 2. The van der Waals surface area contributed by atoms with E-state index < -0.39 is 5.97 Å². The van der Waals surface area contributed by atoms with Gasteiger partial charge in [0.15, 0.2) is 0 Å². The highest BCUT2D eigenvalue weighted by Gasteiger charge is 2.18. The predicted octanol–water partition coefficient (Wildman–Crippen LogP) is 2.97. The molecular formula is C15H12BrN3O3S. The fraction of sp³-hybridized carbons (Fsp3) is 0.133. The smallest absolute Gasteiger partial charge is 0.346 e. The van der Waals surface area contributed by atoms with E-state index in [9.17, 15) is 9.59 Å². The van der Waals surface area contributed by atoms with Gasteiger partial charge in [-0.05, 0) is 24.1 Å². The predicted molar refractivity (Wildman–Crippen MR) is 92.8 cm³/mol. The molecule has 0 aliphatic carbocycles. The molecule has 6 nitrogen and oxygen atoms in total. The molecule has 3 rings (SSSR count). The number of rotatable bonds is 4. The molecule has 0 aliphatic rings. The van der Waals surface area contributed by atoms with Crippen LogP contribution in [0.15, 0.2) is 39.9 Å². The number of carboxylic acids is 1. The van der Waals surface area contributed by atoms with Crippen LogP contribution in [0.4, 0.5) is 0 Å². The van der Waals surface area contributed by atoms with Crippen molar-refractivity contribution in [2.75, 3.05) is 5.43 Å². The van der Waals surface area contributed by atoms with Crippen LogP contribution < -0.4 is 11.0 Å². The summed E-state index contributed by atoms with van der Waals surface area (Å²) in [5, 5.41) is 9.50. The number of nitrogens with one attached hydrogen (secondary N) is 1.